The van der Waals surface area contributed by atoms with Gasteiger partial charge in [0.05, 0.1) is 6.10 Å². The van der Waals surface area contributed by atoms with Crippen LogP contribution in [-0.4, -0.2) is 46.4 Å². The topological polar surface area (TPSA) is 62.4 Å². The van der Waals surface area contributed by atoms with Crippen molar-refractivity contribution >= 4 is 11.6 Å². The second kappa shape index (κ2) is 7.54. The molecule has 114 valence electrons. The fourth-order valence-corrected chi connectivity index (χ4v) is 2.00. The van der Waals surface area contributed by atoms with E-state index in [1.54, 1.807) is 19.1 Å². The first-order valence-corrected chi connectivity index (χ1v) is 7.37. The Labute approximate surface area is 129 Å². The molecule has 1 unspecified atom stereocenters. The summed E-state index contributed by atoms with van der Waals surface area (Å²) in [5.74, 6) is 1.19. The van der Waals surface area contributed by atoms with Gasteiger partial charge in [0, 0.05) is 30.1 Å². The molecule has 0 spiro atoms. The van der Waals surface area contributed by atoms with Gasteiger partial charge in [0.25, 0.3) is 0 Å². The molecular formula is C15H20ClN3O2. The molecule has 0 radical (unpaired) electrons. The third-order valence-corrected chi connectivity index (χ3v) is 3.46. The van der Waals surface area contributed by atoms with Crippen LogP contribution in [0.2, 0.25) is 5.02 Å². The van der Waals surface area contributed by atoms with Crippen LogP contribution in [0.25, 0.3) is 11.4 Å². The van der Waals surface area contributed by atoms with E-state index in [2.05, 4.69) is 15.0 Å². The summed E-state index contributed by atoms with van der Waals surface area (Å²) in [5, 5.41) is 13.9. The zero-order valence-electron chi connectivity index (χ0n) is 12.3. The van der Waals surface area contributed by atoms with Crippen LogP contribution in [0.3, 0.4) is 0 Å². The highest BCUT2D eigenvalue weighted by molar-refractivity contribution is 6.30. The van der Waals surface area contributed by atoms with Gasteiger partial charge in [-0.1, -0.05) is 16.8 Å². The van der Waals surface area contributed by atoms with E-state index in [1.807, 2.05) is 19.2 Å². The molecule has 21 heavy (non-hydrogen) atoms. The minimum absolute atomic E-state index is 0.271. The first kappa shape index (κ1) is 15.9. The minimum atomic E-state index is -0.271. The fourth-order valence-electron chi connectivity index (χ4n) is 1.88. The molecular weight excluding hydrogens is 290 g/mol. The van der Waals surface area contributed by atoms with Gasteiger partial charge in [0.15, 0.2) is 0 Å². The maximum atomic E-state index is 9.26. The van der Waals surface area contributed by atoms with Gasteiger partial charge in [0.2, 0.25) is 11.7 Å². The van der Waals surface area contributed by atoms with Crippen molar-refractivity contribution in [3.63, 3.8) is 0 Å². The van der Waals surface area contributed by atoms with Gasteiger partial charge in [-0.05, 0) is 44.7 Å². The summed E-state index contributed by atoms with van der Waals surface area (Å²) in [6, 6.07) is 7.34. The van der Waals surface area contributed by atoms with Crippen molar-refractivity contribution in [2.24, 2.45) is 0 Å². The van der Waals surface area contributed by atoms with Crippen molar-refractivity contribution < 1.29 is 9.63 Å². The van der Waals surface area contributed by atoms with Crippen LogP contribution in [-0.2, 0) is 6.42 Å². The minimum Gasteiger partial charge on any atom is -0.393 e. The Morgan fingerprint density at radius 2 is 2.00 bits per heavy atom. The largest absolute Gasteiger partial charge is 0.393 e. The van der Waals surface area contributed by atoms with Crippen LogP contribution in [0.1, 0.15) is 19.2 Å². The Hall–Kier alpha value is -1.43. The summed E-state index contributed by atoms with van der Waals surface area (Å²) < 4.78 is 5.26. The molecule has 0 amide bonds. The smallest absolute Gasteiger partial charge is 0.228 e. The van der Waals surface area contributed by atoms with E-state index in [9.17, 15) is 5.11 Å². The molecule has 0 aliphatic rings. The molecule has 0 bridgehead atoms. The summed E-state index contributed by atoms with van der Waals surface area (Å²) in [7, 11) is 2.01. The van der Waals surface area contributed by atoms with Gasteiger partial charge in [-0.3, -0.25) is 0 Å². The molecule has 0 aliphatic heterocycles. The highest BCUT2D eigenvalue weighted by Gasteiger charge is 2.10. The Bertz CT molecular complexity index is 554. The Morgan fingerprint density at radius 1 is 1.29 bits per heavy atom. The average Bonchev–Trinajstić information content (AvgIpc) is 2.92. The lowest BCUT2D eigenvalue weighted by atomic mass is 10.2. The number of halogens is 1. The van der Waals surface area contributed by atoms with Crippen LogP contribution in [0.4, 0.5) is 0 Å². The lowest BCUT2D eigenvalue weighted by Crippen LogP contribution is -2.24. The number of rotatable bonds is 7. The Balaban J connectivity index is 1.87. The predicted octanol–water partition coefficient (Wildman–Crippen LogP) is 2.64. The van der Waals surface area contributed by atoms with E-state index < -0.39 is 0 Å². The highest BCUT2D eigenvalue weighted by Crippen LogP contribution is 2.18. The molecule has 2 rings (SSSR count). The van der Waals surface area contributed by atoms with E-state index in [0.717, 1.165) is 25.1 Å². The number of aliphatic hydroxyl groups is 1. The molecule has 0 aliphatic carbocycles. The summed E-state index contributed by atoms with van der Waals surface area (Å²) >= 11 is 5.85. The first-order valence-electron chi connectivity index (χ1n) is 6.99. The molecule has 1 aromatic heterocycles. The highest BCUT2D eigenvalue weighted by atomic mass is 35.5. The normalized spacial score (nSPS) is 12.8. The molecule has 5 nitrogen and oxygen atoms in total. The van der Waals surface area contributed by atoms with Crippen LogP contribution in [0.15, 0.2) is 28.8 Å². The lowest BCUT2D eigenvalue weighted by Gasteiger charge is -2.15. The van der Waals surface area contributed by atoms with Crippen molar-refractivity contribution in [2.45, 2.75) is 25.9 Å². The van der Waals surface area contributed by atoms with Crippen LogP contribution in [0.5, 0.6) is 0 Å². The second-order valence-electron chi connectivity index (χ2n) is 5.21. The van der Waals surface area contributed by atoms with Gasteiger partial charge in [-0.15, -0.1) is 0 Å². The van der Waals surface area contributed by atoms with Gasteiger partial charge in [-0.2, -0.15) is 4.98 Å². The van der Waals surface area contributed by atoms with E-state index >= 15 is 0 Å². The number of hydrogen-bond donors (Lipinski definition) is 1. The van der Waals surface area contributed by atoms with Crippen LogP contribution >= 0.6 is 11.6 Å². The molecule has 0 fully saturated rings. The average molecular weight is 310 g/mol. The van der Waals surface area contributed by atoms with Crippen LogP contribution < -0.4 is 0 Å². The zero-order valence-corrected chi connectivity index (χ0v) is 13.0. The molecule has 1 N–H and O–H groups in total. The summed E-state index contributed by atoms with van der Waals surface area (Å²) in [4.78, 5) is 6.52. The van der Waals surface area contributed by atoms with E-state index in [1.165, 1.54) is 0 Å². The molecule has 1 aromatic carbocycles. The van der Waals surface area contributed by atoms with Crippen molar-refractivity contribution in [1.29, 1.82) is 0 Å². The molecule has 6 heteroatoms. The number of aromatic nitrogens is 2. The van der Waals surface area contributed by atoms with E-state index in [-0.39, 0.29) is 6.10 Å². The van der Waals surface area contributed by atoms with E-state index in [0.29, 0.717) is 23.2 Å². The van der Waals surface area contributed by atoms with E-state index in [4.69, 9.17) is 16.1 Å². The molecule has 1 atom stereocenters. The standard InChI is InChI=1S/C15H20ClN3O2/c1-11(20)7-9-19(2)10-8-14-17-15(18-21-14)12-3-5-13(16)6-4-12/h3-6,11,20H,7-10H2,1-2H3. The number of benzene rings is 1. The Kier molecular flexibility index (Phi) is 5.73. The summed E-state index contributed by atoms with van der Waals surface area (Å²) in [5.41, 5.74) is 0.886. The molecule has 0 saturated carbocycles. The van der Waals surface area contributed by atoms with Crippen LogP contribution in [0, 0.1) is 0 Å². The van der Waals surface area contributed by atoms with Gasteiger partial charge < -0.3 is 14.5 Å². The number of aliphatic hydroxyl groups excluding tert-OH is 1. The Morgan fingerprint density at radius 3 is 2.67 bits per heavy atom. The number of nitrogens with zero attached hydrogens (tertiary/aromatic N) is 3. The number of likely N-dealkylation sites (N-methyl/N-ethyl adjacent to an activating group) is 1. The number of hydrogen-bond acceptors (Lipinski definition) is 5. The zero-order chi connectivity index (χ0) is 15.2. The molecule has 1 heterocycles. The monoisotopic (exact) mass is 309 g/mol. The summed E-state index contributed by atoms with van der Waals surface area (Å²) in [6.45, 7) is 3.45. The van der Waals surface area contributed by atoms with Gasteiger partial charge in [-0.25, -0.2) is 0 Å². The second-order valence-corrected chi connectivity index (χ2v) is 5.65. The molecule has 2 aromatic rings. The van der Waals surface area contributed by atoms with Crippen molar-refractivity contribution in [3.05, 3.63) is 35.2 Å². The maximum absolute atomic E-state index is 9.26. The van der Waals surface area contributed by atoms with Crippen molar-refractivity contribution in [3.8, 4) is 11.4 Å². The predicted molar refractivity (Wildman–Crippen MR) is 82.2 cm³/mol. The van der Waals surface area contributed by atoms with Crippen molar-refractivity contribution in [1.82, 2.24) is 15.0 Å². The SMILES string of the molecule is CC(O)CCN(C)CCc1nc(-c2ccc(Cl)cc2)no1. The third kappa shape index (κ3) is 5.12. The fraction of sp³-hybridized carbons (Fsp3) is 0.467. The van der Waals surface area contributed by atoms with Crippen molar-refractivity contribution in [2.75, 3.05) is 20.1 Å². The first-order chi connectivity index (χ1) is 10.0. The molecule has 0 saturated heterocycles. The third-order valence-electron chi connectivity index (χ3n) is 3.21. The van der Waals surface area contributed by atoms with Gasteiger partial charge >= 0.3 is 0 Å². The quantitative estimate of drug-likeness (QED) is 0.852. The van der Waals surface area contributed by atoms with Gasteiger partial charge in [0.1, 0.15) is 0 Å². The lowest BCUT2D eigenvalue weighted by molar-refractivity contribution is 0.164. The maximum Gasteiger partial charge on any atom is 0.228 e. The summed E-state index contributed by atoms with van der Waals surface area (Å²) in [6.07, 6.45) is 1.18.